The van der Waals surface area contributed by atoms with E-state index < -0.39 is 0 Å². The molecule has 0 atom stereocenters. The minimum absolute atomic E-state index is 0.232. The zero-order valence-electron chi connectivity index (χ0n) is 9.83. The van der Waals surface area contributed by atoms with Crippen molar-refractivity contribution in [2.24, 2.45) is 5.73 Å². The van der Waals surface area contributed by atoms with Crippen molar-refractivity contribution >= 4 is 5.91 Å². The summed E-state index contributed by atoms with van der Waals surface area (Å²) in [6.07, 6.45) is 5.53. The molecule has 1 aromatic carbocycles. The fourth-order valence-electron chi connectivity index (χ4n) is 2.88. The fraction of sp³-hybridized carbons (Fsp3) is 0.500. The van der Waals surface area contributed by atoms with Crippen molar-refractivity contribution in [1.29, 1.82) is 0 Å². The monoisotopic (exact) mass is 217 g/mol. The number of rotatable bonds is 3. The van der Waals surface area contributed by atoms with E-state index in [1.165, 1.54) is 36.8 Å². The van der Waals surface area contributed by atoms with Crippen molar-refractivity contribution in [3.8, 4) is 0 Å². The Labute approximate surface area is 96.8 Å². The quantitative estimate of drug-likeness (QED) is 0.831. The van der Waals surface area contributed by atoms with E-state index in [-0.39, 0.29) is 5.91 Å². The summed E-state index contributed by atoms with van der Waals surface area (Å²) in [5, 5.41) is 0. The van der Waals surface area contributed by atoms with Gasteiger partial charge in [-0.2, -0.15) is 0 Å². The Morgan fingerprint density at radius 2 is 2.06 bits per heavy atom. The SMILES string of the molecule is Cc1cccc(CC(N)=O)c1C1CCCC1. The first-order valence-electron chi connectivity index (χ1n) is 6.05. The van der Waals surface area contributed by atoms with Gasteiger partial charge in [-0.25, -0.2) is 0 Å². The average molecular weight is 217 g/mol. The molecule has 0 aromatic heterocycles. The lowest BCUT2D eigenvalue weighted by Gasteiger charge is -2.17. The van der Waals surface area contributed by atoms with Crippen LogP contribution in [0.15, 0.2) is 18.2 Å². The van der Waals surface area contributed by atoms with Crippen LogP contribution in [0.3, 0.4) is 0 Å². The van der Waals surface area contributed by atoms with Crippen molar-refractivity contribution < 1.29 is 4.79 Å². The molecule has 1 aromatic rings. The molecule has 0 aliphatic heterocycles. The maximum atomic E-state index is 11.1. The number of amides is 1. The lowest BCUT2D eigenvalue weighted by atomic mass is 9.88. The summed E-state index contributed by atoms with van der Waals surface area (Å²) in [5.41, 5.74) is 9.14. The van der Waals surface area contributed by atoms with Crippen LogP contribution in [0.4, 0.5) is 0 Å². The summed E-state index contributed by atoms with van der Waals surface area (Å²) in [7, 11) is 0. The van der Waals surface area contributed by atoms with Gasteiger partial charge in [0.25, 0.3) is 0 Å². The van der Waals surface area contributed by atoms with Gasteiger partial charge in [-0.15, -0.1) is 0 Å². The molecule has 0 saturated heterocycles. The second-order valence-electron chi connectivity index (χ2n) is 4.77. The van der Waals surface area contributed by atoms with Crippen LogP contribution in [0.2, 0.25) is 0 Å². The topological polar surface area (TPSA) is 43.1 Å². The number of hydrogen-bond donors (Lipinski definition) is 1. The molecule has 1 fully saturated rings. The molecule has 2 rings (SSSR count). The van der Waals surface area contributed by atoms with Gasteiger partial charge >= 0.3 is 0 Å². The van der Waals surface area contributed by atoms with Gasteiger partial charge in [0.15, 0.2) is 0 Å². The van der Waals surface area contributed by atoms with Crippen LogP contribution in [0.1, 0.15) is 48.3 Å². The standard InChI is InChI=1S/C14H19NO/c1-10-5-4-8-12(9-13(15)16)14(10)11-6-2-3-7-11/h4-5,8,11H,2-3,6-7,9H2,1H3,(H2,15,16). The Morgan fingerprint density at radius 3 is 2.69 bits per heavy atom. The zero-order chi connectivity index (χ0) is 11.5. The third-order valence-corrected chi connectivity index (χ3v) is 3.54. The van der Waals surface area contributed by atoms with Gasteiger partial charge in [0.05, 0.1) is 6.42 Å². The lowest BCUT2D eigenvalue weighted by molar-refractivity contribution is -0.117. The van der Waals surface area contributed by atoms with Crippen molar-refractivity contribution in [3.05, 3.63) is 34.9 Å². The van der Waals surface area contributed by atoms with Crippen LogP contribution >= 0.6 is 0 Å². The number of carbonyl (C=O) groups is 1. The number of benzene rings is 1. The van der Waals surface area contributed by atoms with E-state index in [2.05, 4.69) is 13.0 Å². The number of hydrogen-bond acceptors (Lipinski definition) is 1. The van der Waals surface area contributed by atoms with Crippen LogP contribution in [0.5, 0.6) is 0 Å². The fourth-order valence-corrected chi connectivity index (χ4v) is 2.88. The highest BCUT2D eigenvalue weighted by Crippen LogP contribution is 2.37. The predicted octanol–water partition coefficient (Wildman–Crippen LogP) is 2.68. The normalized spacial score (nSPS) is 16.6. The molecule has 1 aliphatic carbocycles. The van der Waals surface area contributed by atoms with E-state index in [0.717, 1.165) is 5.56 Å². The molecule has 0 heterocycles. The molecule has 1 amide bonds. The maximum Gasteiger partial charge on any atom is 0.221 e. The summed E-state index contributed by atoms with van der Waals surface area (Å²) in [6, 6.07) is 6.20. The first kappa shape index (κ1) is 11.2. The summed E-state index contributed by atoms with van der Waals surface area (Å²) in [4.78, 5) is 11.1. The minimum Gasteiger partial charge on any atom is -0.369 e. The van der Waals surface area contributed by atoms with Gasteiger partial charge < -0.3 is 5.73 Å². The van der Waals surface area contributed by atoms with Crippen molar-refractivity contribution in [1.82, 2.24) is 0 Å². The van der Waals surface area contributed by atoms with Gasteiger partial charge in [-0.1, -0.05) is 31.0 Å². The average Bonchev–Trinajstić information content (AvgIpc) is 2.69. The molecule has 0 unspecified atom stereocenters. The molecule has 86 valence electrons. The van der Waals surface area contributed by atoms with Crippen LogP contribution in [-0.2, 0) is 11.2 Å². The van der Waals surface area contributed by atoms with E-state index in [1.54, 1.807) is 0 Å². The number of primary amides is 1. The van der Waals surface area contributed by atoms with Crippen LogP contribution in [-0.4, -0.2) is 5.91 Å². The molecular formula is C14H19NO. The summed E-state index contributed by atoms with van der Waals surface area (Å²) in [6.45, 7) is 2.14. The van der Waals surface area contributed by atoms with E-state index in [1.807, 2.05) is 12.1 Å². The smallest absolute Gasteiger partial charge is 0.221 e. The molecule has 1 aliphatic rings. The molecule has 16 heavy (non-hydrogen) atoms. The van der Waals surface area contributed by atoms with E-state index >= 15 is 0 Å². The van der Waals surface area contributed by atoms with Gasteiger partial charge in [-0.05, 0) is 42.4 Å². The molecule has 2 N–H and O–H groups in total. The lowest BCUT2D eigenvalue weighted by Crippen LogP contribution is -2.16. The maximum absolute atomic E-state index is 11.1. The van der Waals surface area contributed by atoms with Crippen LogP contribution in [0.25, 0.3) is 0 Å². The van der Waals surface area contributed by atoms with E-state index in [4.69, 9.17) is 5.73 Å². The third-order valence-electron chi connectivity index (χ3n) is 3.54. The second kappa shape index (κ2) is 4.69. The summed E-state index contributed by atoms with van der Waals surface area (Å²) < 4.78 is 0. The first-order valence-corrected chi connectivity index (χ1v) is 6.05. The number of nitrogens with two attached hydrogens (primary N) is 1. The van der Waals surface area contributed by atoms with Crippen molar-refractivity contribution in [3.63, 3.8) is 0 Å². The highest BCUT2D eigenvalue weighted by Gasteiger charge is 2.21. The Kier molecular flexibility index (Phi) is 3.28. The van der Waals surface area contributed by atoms with Crippen LogP contribution < -0.4 is 5.73 Å². The van der Waals surface area contributed by atoms with Crippen molar-refractivity contribution in [2.75, 3.05) is 0 Å². The van der Waals surface area contributed by atoms with Gasteiger partial charge in [0.1, 0.15) is 0 Å². The molecule has 0 spiro atoms. The Morgan fingerprint density at radius 1 is 1.38 bits per heavy atom. The largest absolute Gasteiger partial charge is 0.369 e. The highest BCUT2D eigenvalue weighted by atomic mass is 16.1. The second-order valence-corrected chi connectivity index (χ2v) is 4.77. The van der Waals surface area contributed by atoms with E-state index in [0.29, 0.717) is 12.3 Å². The number of carbonyl (C=O) groups excluding carboxylic acids is 1. The molecule has 1 saturated carbocycles. The van der Waals surface area contributed by atoms with Crippen molar-refractivity contribution in [2.45, 2.75) is 44.9 Å². The number of aryl methyl sites for hydroxylation is 1. The molecule has 0 radical (unpaired) electrons. The zero-order valence-corrected chi connectivity index (χ0v) is 9.83. The minimum atomic E-state index is -0.232. The third kappa shape index (κ3) is 2.26. The first-order chi connectivity index (χ1) is 7.68. The molecule has 2 heteroatoms. The summed E-state index contributed by atoms with van der Waals surface area (Å²) in [5.74, 6) is 0.417. The summed E-state index contributed by atoms with van der Waals surface area (Å²) >= 11 is 0. The van der Waals surface area contributed by atoms with E-state index in [9.17, 15) is 4.79 Å². The Balaban J connectivity index is 2.35. The highest BCUT2D eigenvalue weighted by molar-refractivity contribution is 5.77. The molecular weight excluding hydrogens is 198 g/mol. The molecule has 2 nitrogen and oxygen atoms in total. The van der Waals surface area contributed by atoms with Gasteiger partial charge in [0.2, 0.25) is 5.91 Å². The Bertz CT molecular complexity index is 392. The molecule has 0 bridgehead atoms. The van der Waals surface area contributed by atoms with Gasteiger partial charge in [-0.3, -0.25) is 4.79 Å². The predicted molar refractivity (Wildman–Crippen MR) is 65.3 cm³/mol. The Hall–Kier alpha value is -1.31. The van der Waals surface area contributed by atoms with Crippen LogP contribution in [0, 0.1) is 6.92 Å². The van der Waals surface area contributed by atoms with Gasteiger partial charge in [0, 0.05) is 0 Å².